The molecular formula is C6H10O4. The van der Waals surface area contributed by atoms with E-state index < -0.39 is 12.1 Å². The number of aliphatic hydroxyl groups excluding tert-OH is 1. The summed E-state index contributed by atoms with van der Waals surface area (Å²) in [5.74, 6) is -0.934. The van der Waals surface area contributed by atoms with Crippen LogP contribution in [0.1, 0.15) is 12.8 Å². The van der Waals surface area contributed by atoms with Crippen molar-refractivity contribution < 1.29 is 19.7 Å². The minimum absolute atomic E-state index is 0.0796. The molecule has 0 bridgehead atoms. The summed E-state index contributed by atoms with van der Waals surface area (Å²) in [5.41, 5.74) is 0. The van der Waals surface area contributed by atoms with Crippen LogP contribution < -0.4 is 0 Å². The summed E-state index contributed by atoms with van der Waals surface area (Å²) in [4.78, 5) is 10.3. The van der Waals surface area contributed by atoms with E-state index in [-0.39, 0.29) is 12.7 Å². The van der Waals surface area contributed by atoms with Crippen LogP contribution in [0.25, 0.3) is 0 Å². The molecule has 58 valence electrons. The van der Waals surface area contributed by atoms with Crippen molar-refractivity contribution in [3.05, 3.63) is 0 Å². The molecule has 0 aromatic carbocycles. The number of ether oxygens (including phenoxy) is 1. The zero-order valence-corrected chi connectivity index (χ0v) is 5.49. The second-order valence-corrected chi connectivity index (χ2v) is 2.34. The average molecular weight is 146 g/mol. The van der Waals surface area contributed by atoms with Crippen molar-refractivity contribution >= 4 is 5.97 Å². The van der Waals surface area contributed by atoms with E-state index in [1.165, 1.54) is 0 Å². The Balaban J connectivity index is 2.35. The molecule has 4 nitrogen and oxygen atoms in total. The van der Waals surface area contributed by atoms with Gasteiger partial charge in [-0.05, 0) is 12.8 Å². The summed E-state index contributed by atoms with van der Waals surface area (Å²) in [7, 11) is 0. The van der Waals surface area contributed by atoms with Crippen LogP contribution in [0.5, 0.6) is 0 Å². The Morgan fingerprint density at radius 1 is 1.60 bits per heavy atom. The molecule has 2 atom stereocenters. The first kappa shape index (κ1) is 7.50. The van der Waals surface area contributed by atoms with E-state index in [9.17, 15) is 4.79 Å². The number of aliphatic carboxylic acids is 1. The zero-order valence-electron chi connectivity index (χ0n) is 5.49. The van der Waals surface area contributed by atoms with E-state index in [0.717, 1.165) is 0 Å². The summed E-state index contributed by atoms with van der Waals surface area (Å²) >= 11 is 0. The first-order valence-corrected chi connectivity index (χ1v) is 3.23. The molecule has 10 heavy (non-hydrogen) atoms. The monoisotopic (exact) mass is 146 g/mol. The minimum Gasteiger partial charge on any atom is -0.479 e. The Morgan fingerprint density at radius 3 is 2.60 bits per heavy atom. The standard InChI is InChI=1S/C6H10O4/c7-3-4-1-2-5(10-4)6(8)9/h4-5,7H,1-3H2,(H,8,9)/t4-,5-/m0/s1. The smallest absolute Gasteiger partial charge is 0.332 e. The lowest BCUT2D eigenvalue weighted by molar-refractivity contribution is -0.150. The number of aliphatic hydroxyl groups is 1. The SMILES string of the molecule is O=C(O)[C@@H]1CC[C@@H](CO)O1. The third kappa shape index (κ3) is 1.46. The maximum atomic E-state index is 10.3. The van der Waals surface area contributed by atoms with Gasteiger partial charge in [-0.25, -0.2) is 4.79 Å². The van der Waals surface area contributed by atoms with E-state index in [0.29, 0.717) is 12.8 Å². The van der Waals surface area contributed by atoms with Gasteiger partial charge in [-0.2, -0.15) is 0 Å². The molecule has 0 spiro atoms. The van der Waals surface area contributed by atoms with Crippen molar-refractivity contribution in [1.29, 1.82) is 0 Å². The summed E-state index contributed by atoms with van der Waals surface area (Å²) in [6.07, 6.45) is 0.201. The van der Waals surface area contributed by atoms with Crippen molar-refractivity contribution in [2.45, 2.75) is 25.0 Å². The fourth-order valence-corrected chi connectivity index (χ4v) is 1.02. The Bertz CT molecular complexity index is 134. The summed E-state index contributed by atoms with van der Waals surface area (Å²) in [6.45, 7) is -0.0796. The van der Waals surface area contributed by atoms with E-state index in [1.54, 1.807) is 0 Å². The second-order valence-electron chi connectivity index (χ2n) is 2.34. The number of hydrogen-bond acceptors (Lipinski definition) is 3. The topological polar surface area (TPSA) is 66.8 Å². The van der Waals surface area contributed by atoms with Crippen LogP contribution in [0.15, 0.2) is 0 Å². The Morgan fingerprint density at radius 2 is 2.30 bits per heavy atom. The second kappa shape index (κ2) is 2.98. The summed E-state index contributed by atoms with van der Waals surface area (Å²) < 4.78 is 4.92. The first-order chi connectivity index (χ1) is 4.74. The van der Waals surface area contributed by atoms with Crippen molar-refractivity contribution in [2.75, 3.05) is 6.61 Å². The molecule has 0 aromatic rings. The van der Waals surface area contributed by atoms with E-state index in [1.807, 2.05) is 0 Å². The lowest BCUT2D eigenvalue weighted by Gasteiger charge is -2.06. The van der Waals surface area contributed by atoms with Gasteiger partial charge in [0.2, 0.25) is 0 Å². The number of hydrogen-bond donors (Lipinski definition) is 2. The van der Waals surface area contributed by atoms with Crippen LogP contribution in [0.3, 0.4) is 0 Å². The van der Waals surface area contributed by atoms with Gasteiger partial charge >= 0.3 is 5.97 Å². The van der Waals surface area contributed by atoms with Gasteiger partial charge in [0.15, 0.2) is 6.10 Å². The highest BCUT2D eigenvalue weighted by Crippen LogP contribution is 2.18. The zero-order chi connectivity index (χ0) is 7.56. The fraction of sp³-hybridized carbons (Fsp3) is 0.833. The van der Waals surface area contributed by atoms with Crippen LogP contribution >= 0.6 is 0 Å². The molecule has 0 aromatic heterocycles. The molecule has 2 N–H and O–H groups in total. The molecule has 4 heteroatoms. The van der Waals surface area contributed by atoms with Gasteiger partial charge in [0.25, 0.3) is 0 Å². The van der Waals surface area contributed by atoms with Gasteiger partial charge in [-0.1, -0.05) is 0 Å². The lowest BCUT2D eigenvalue weighted by Crippen LogP contribution is -2.21. The molecule has 0 aliphatic carbocycles. The van der Waals surface area contributed by atoms with Crippen molar-refractivity contribution in [3.8, 4) is 0 Å². The van der Waals surface area contributed by atoms with Crippen LogP contribution in [0.4, 0.5) is 0 Å². The molecule has 1 aliphatic heterocycles. The molecule has 1 heterocycles. The van der Waals surface area contributed by atoms with Crippen LogP contribution in [-0.2, 0) is 9.53 Å². The Kier molecular flexibility index (Phi) is 2.24. The molecule has 0 amide bonds. The minimum atomic E-state index is -0.934. The summed E-state index contributed by atoms with van der Waals surface area (Å²) in [5, 5.41) is 17.0. The first-order valence-electron chi connectivity index (χ1n) is 3.23. The molecule has 1 rings (SSSR count). The molecule has 1 saturated heterocycles. The van der Waals surface area contributed by atoms with Crippen molar-refractivity contribution in [3.63, 3.8) is 0 Å². The largest absolute Gasteiger partial charge is 0.479 e. The quantitative estimate of drug-likeness (QED) is 0.556. The number of carbonyl (C=O) groups is 1. The van der Waals surface area contributed by atoms with E-state index >= 15 is 0 Å². The predicted octanol–water partition coefficient (Wildman–Crippen LogP) is -0.389. The van der Waals surface area contributed by atoms with Gasteiger partial charge in [0.1, 0.15) is 0 Å². The number of rotatable bonds is 2. The fourth-order valence-electron chi connectivity index (χ4n) is 1.02. The van der Waals surface area contributed by atoms with Gasteiger partial charge in [-0.15, -0.1) is 0 Å². The lowest BCUT2D eigenvalue weighted by atomic mass is 10.2. The van der Waals surface area contributed by atoms with Crippen LogP contribution in [0, 0.1) is 0 Å². The van der Waals surface area contributed by atoms with Gasteiger partial charge in [0, 0.05) is 0 Å². The van der Waals surface area contributed by atoms with Gasteiger partial charge in [0.05, 0.1) is 12.7 Å². The Hall–Kier alpha value is -0.610. The van der Waals surface area contributed by atoms with Crippen LogP contribution in [-0.4, -0.2) is 35.0 Å². The predicted molar refractivity (Wildman–Crippen MR) is 32.6 cm³/mol. The molecule has 0 saturated carbocycles. The highest BCUT2D eigenvalue weighted by molar-refractivity contribution is 5.72. The normalized spacial score (nSPS) is 32.5. The molecule has 0 unspecified atom stereocenters. The molecule has 1 aliphatic rings. The summed E-state index contributed by atoms with van der Waals surface area (Å²) in [6, 6.07) is 0. The third-order valence-corrected chi connectivity index (χ3v) is 1.59. The van der Waals surface area contributed by atoms with Gasteiger partial charge in [-0.3, -0.25) is 0 Å². The highest BCUT2D eigenvalue weighted by atomic mass is 16.5. The highest BCUT2D eigenvalue weighted by Gasteiger charge is 2.29. The van der Waals surface area contributed by atoms with Crippen molar-refractivity contribution in [2.24, 2.45) is 0 Å². The molecular weight excluding hydrogens is 136 g/mol. The Labute approximate surface area is 58.4 Å². The van der Waals surface area contributed by atoms with E-state index in [2.05, 4.69) is 0 Å². The molecule has 1 fully saturated rings. The van der Waals surface area contributed by atoms with Crippen molar-refractivity contribution in [1.82, 2.24) is 0 Å². The number of carboxylic acid groups (broad SMARTS) is 1. The van der Waals surface area contributed by atoms with Crippen LogP contribution in [0.2, 0.25) is 0 Å². The third-order valence-electron chi connectivity index (χ3n) is 1.59. The van der Waals surface area contributed by atoms with E-state index in [4.69, 9.17) is 14.9 Å². The maximum absolute atomic E-state index is 10.3. The maximum Gasteiger partial charge on any atom is 0.332 e. The molecule has 0 radical (unpaired) electrons. The number of carboxylic acids is 1. The average Bonchev–Trinajstić information content (AvgIpc) is 2.34. The van der Waals surface area contributed by atoms with Gasteiger partial charge < -0.3 is 14.9 Å².